The summed E-state index contributed by atoms with van der Waals surface area (Å²) in [6.07, 6.45) is 6.06. The summed E-state index contributed by atoms with van der Waals surface area (Å²) in [4.78, 5) is 26.5. The number of aromatic amines is 1. The number of hydrogen-bond acceptors (Lipinski definition) is 6. The van der Waals surface area contributed by atoms with Crippen LogP contribution in [0.5, 0.6) is 0 Å². The zero-order valence-electron chi connectivity index (χ0n) is 19.2. The molecule has 1 amide bonds. The Labute approximate surface area is 194 Å². The van der Waals surface area contributed by atoms with Gasteiger partial charge in [-0.25, -0.2) is 4.98 Å². The van der Waals surface area contributed by atoms with Gasteiger partial charge in [-0.3, -0.25) is 20.0 Å². The smallest absolute Gasteiger partial charge is 0.277 e. The molecule has 0 aliphatic carbocycles. The molecule has 1 aliphatic heterocycles. The number of aromatic nitrogens is 3. The summed E-state index contributed by atoms with van der Waals surface area (Å²) < 4.78 is 5.46. The van der Waals surface area contributed by atoms with Gasteiger partial charge in [0.25, 0.3) is 5.91 Å². The highest BCUT2D eigenvalue weighted by atomic mass is 16.5. The Hall–Kier alpha value is -3.07. The van der Waals surface area contributed by atoms with Gasteiger partial charge in [-0.1, -0.05) is 39.0 Å². The second kappa shape index (κ2) is 9.82. The topological polar surface area (TPSA) is 103 Å². The number of nitrogens with zero attached hydrogens (tertiary/aromatic N) is 3. The molecule has 8 heteroatoms. The molecule has 3 aromatic rings. The van der Waals surface area contributed by atoms with Crippen molar-refractivity contribution in [1.82, 2.24) is 20.3 Å². The number of ether oxygens (including phenoxy) is 1. The number of carbonyl (C=O) groups is 1. The minimum absolute atomic E-state index is 0.00606. The van der Waals surface area contributed by atoms with Gasteiger partial charge in [0.1, 0.15) is 18.0 Å². The molecule has 1 saturated heterocycles. The van der Waals surface area contributed by atoms with Gasteiger partial charge in [-0.05, 0) is 41.2 Å². The van der Waals surface area contributed by atoms with E-state index in [0.717, 1.165) is 12.0 Å². The first-order chi connectivity index (χ1) is 15.8. The predicted octanol–water partition coefficient (Wildman–Crippen LogP) is 3.19. The second-order valence-electron chi connectivity index (χ2n) is 9.34. The monoisotopic (exact) mass is 449 g/mol. The van der Waals surface area contributed by atoms with E-state index in [4.69, 9.17) is 4.74 Å². The summed E-state index contributed by atoms with van der Waals surface area (Å²) in [7, 11) is 0. The molecule has 0 bridgehead atoms. The van der Waals surface area contributed by atoms with Gasteiger partial charge in [0.05, 0.1) is 19.1 Å². The van der Waals surface area contributed by atoms with Crippen molar-refractivity contribution in [2.75, 3.05) is 18.1 Å². The fraction of sp³-hybridized carbons (Fsp3) is 0.400. The summed E-state index contributed by atoms with van der Waals surface area (Å²) >= 11 is 0. The number of nitrogens with one attached hydrogen (secondary N) is 2. The maximum Gasteiger partial charge on any atom is 0.277 e. The van der Waals surface area contributed by atoms with Gasteiger partial charge in [0.15, 0.2) is 0 Å². The van der Waals surface area contributed by atoms with Crippen LogP contribution < -0.4 is 10.2 Å². The predicted molar refractivity (Wildman–Crippen MR) is 126 cm³/mol. The minimum atomic E-state index is -1.05. The molecule has 0 saturated carbocycles. The largest absolute Gasteiger partial charge is 0.380 e. The van der Waals surface area contributed by atoms with Crippen LogP contribution in [0.25, 0.3) is 0 Å². The molecule has 174 valence electrons. The van der Waals surface area contributed by atoms with E-state index in [2.05, 4.69) is 41.0 Å². The Balaban J connectivity index is 1.78. The molecule has 33 heavy (non-hydrogen) atoms. The number of rotatable bonds is 7. The number of carbonyl (C=O) groups excluding carboxylic acids is 1. The molecule has 3 N–H and O–H groups in total. The highest BCUT2D eigenvalue weighted by Gasteiger charge is 2.35. The lowest BCUT2D eigenvalue weighted by Crippen LogP contribution is -2.50. The number of anilines is 1. The molecule has 4 rings (SSSR count). The third kappa shape index (κ3) is 5.30. The molecule has 0 spiro atoms. The van der Waals surface area contributed by atoms with E-state index in [9.17, 15) is 9.90 Å². The van der Waals surface area contributed by atoms with E-state index >= 15 is 0 Å². The number of amides is 1. The standard InChI is InChI=1S/C25H31N5O3/c1-25(2,3)18-6-8-20(9-7-18)30(24(32)21-14-27-16-28-21)22(17-5-4-11-26-13-17)23(31)29-19-10-12-33-15-19/h4-9,11,13-14,16,19,22-23,29,31H,10,12,15H2,1-3H3,(H,27,28)/t19-,22?,23?/m1/s1. The van der Waals surface area contributed by atoms with Crippen LogP contribution >= 0.6 is 0 Å². The van der Waals surface area contributed by atoms with E-state index in [1.165, 1.54) is 12.5 Å². The van der Waals surface area contributed by atoms with Gasteiger partial charge in [0, 0.05) is 30.7 Å². The number of H-pyrrole nitrogens is 1. The Bertz CT molecular complexity index is 1030. The summed E-state index contributed by atoms with van der Waals surface area (Å²) in [6.45, 7) is 7.60. The molecule has 1 fully saturated rings. The van der Waals surface area contributed by atoms with Crippen LogP contribution in [0.1, 0.15) is 54.8 Å². The number of benzene rings is 1. The van der Waals surface area contributed by atoms with Crippen molar-refractivity contribution in [3.05, 3.63) is 78.1 Å². The van der Waals surface area contributed by atoms with Crippen molar-refractivity contribution >= 4 is 11.6 Å². The third-order valence-corrected chi connectivity index (χ3v) is 5.90. The van der Waals surface area contributed by atoms with Gasteiger partial charge in [0.2, 0.25) is 0 Å². The van der Waals surface area contributed by atoms with Crippen LogP contribution in [0.4, 0.5) is 5.69 Å². The second-order valence-corrected chi connectivity index (χ2v) is 9.34. The number of hydrogen-bond donors (Lipinski definition) is 3. The van der Waals surface area contributed by atoms with Gasteiger partial charge in [-0.15, -0.1) is 0 Å². The Kier molecular flexibility index (Phi) is 6.88. The van der Waals surface area contributed by atoms with Crippen molar-refractivity contribution in [2.24, 2.45) is 0 Å². The lowest BCUT2D eigenvalue weighted by Gasteiger charge is -2.36. The summed E-state index contributed by atoms with van der Waals surface area (Å²) in [5.41, 5.74) is 2.84. The average Bonchev–Trinajstić information content (AvgIpc) is 3.51. The first-order valence-corrected chi connectivity index (χ1v) is 11.2. The molecule has 1 aromatic carbocycles. The van der Waals surface area contributed by atoms with Gasteiger partial charge >= 0.3 is 0 Å². The van der Waals surface area contributed by atoms with E-state index < -0.39 is 12.3 Å². The molecule has 2 aromatic heterocycles. The molecule has 0 radical (unpaired) electrons. The van der Waals surface area contributed by atoms with Crippen LogP contribution in [-0.4, -0.2) is 51.4 Å². The number of aliphatic hydroxyl groups excluding tert-OH is 1. The number of aliphatic hydroxyl groups is 1. The van der Waals surface area contributed by atoms with Crippen LogP contribution in [0.3, 0.4) is 0 Å². The maximum atomic E-state index is 13.7. The Morgan fingerprint density at radius 1 is 1.21 bits per heavy atom. The normalized spacial score (nSPS) is 18.1. The van der Waals surface area contributed by atoms with Crippen LogP contribution in [0.2, 0.25) is 0 Å². The fourth-order valence-corrected chi connectivity index (χ4v) is 4.05. The van der Waals surface area contributed by atoms with E-state index in [0.29, 0.717) is 30.2 Å². The first-order valence-electron chi connectivity index (χ1n) is 11.2. The lowest BCUT2D eigenvalue weighted by molar-refractivity contribution is 0.0750. The SMILES string of the molecule is CC(C)(C)c1ccc(N(C(=O)c2cnc[nH]2)C(c2cccnc2)C(O)N[C@@H]2CCOC2)cc1. The molecule has 3 atom stereocenters. The third-order valence-electron chi connectivity index (χ3n) is 5.90. The molecular weight excluding hydrogens is 418 g/mol. The zero-order valence-corrected chi connectivity index (χ0v) is 19.2. The van der Waals surface area contributed by atoms with Gasteiger partial charge < -0.3 is 14.8 Å². The van der Waals surface area contributed by atoms with Crippen molar-refractivity contribution < 1.29 is 14.6 Å². The molecule has 8 nitrogen and oxygen atoms in total. The number of pyridine rings is 1. The zero-order chi connectivity index (χ0) is 23.4. The first kappa shape index (κ1) is 23.1. The minimum Gasteiger partial charge on any atom is -0.380 e. The van der Waals surface area contributed by atoms with Crippen molar-refractivity contribution in [2.45, 2.75) is 50.9 Å². The van der Waals surface area contributed by atoms with E-state index in [1.807, 2.05) is 30.3 Å². The van der Waals surface area contributed by atoms with Crippen molar-refractivity contribution in [3.8, 4) is 0 Å². The lowest BCUT2D eigenvalue weighted by atomic mass is 9.87. The van der Waals surface area contributed by atoms with E-state index in [1.54, 1.807) is 23.4 Å². The molecule has 1 aliphatic rings. The average molecular weight is 450 g/mol. The van der Waals surface area contributed by atoms with Crippen LogP contribution in [0, 0.1) is 0 Å². The van der Waals surface area contributed by atoms with Gasteiger partial charge in [-0.2, -0.15) is 0 Å². The number of imidazole rings is 1. The van der Waals surface area contributed by atoms with Crippen molar-refractivity contribution in [3.63, 3.8) is 0 Å². The Morgan fingerprint density at radius 3 is 2.58 bits per heavy atom. The van der Waals surface area contributed by atoms with E-state index in [-0.39, 0.29) is 17.4 Å². The summed E-state index contributed by atoms with van der Waals surface area (Å²) in [5, 5.41) is 14.6. The maximum absolute atomic E-state index is 13.7. The van der Waals surface area contributed by atoms with Crippen LogP contribution in [-0.2, 0) is 10.2 Å². The highest BCUT2D eigenvalue weighted by Crippen LogP contribution is 2.33. The summed E-state index contributed by atoms with van der Waals surface area (Å²) in [6, 6.07) is 10.8. The van der Waals surface area contributed by atoms with Crippen molar-refractivity contribution in [1.29, 1.82) is 0 Å². The molecule has 2 unspecified atom stereocenters. The Morgan fingerprint density at radius 2 is 2.00 bits per heavy atom. The molecule has 3 heterocycles. The highest BCUT2D eigenvalue weighted by molar-refractivity contribution is 6.05. The summed E-state index contributed by atoms with van der Waals surface area (Å²) in [5.74, 6) is -0.298. The quantitative estimate of drug-likeness (QED) is 0.479. The fourth-order valence-electron chi connectivity index (χ4n) is 4.05. The molecular formula is C25H31N5O3. The van der Waals surface area contributed by atoms with Crippen LogP contribution in [0.15, 0.2) is 61.3 Å².